The Morgan fingerprint density at radius 2 is 1.50 bits per heavy atom. The summed E-state index contributed by atoms with van der Waals surface area (Å²) in [7, 11) is 0. The summed E-state index contributed by atoms with van der Waals surface area (Å²) >= 11 is 0. The Morgan fingerprint density at radius 3 is 2.38 bits per heavy atom. The van der Waals surface area contributed by atoms with Crippen molar-refractivity contribution >= 4 is 10.9 Å². The third-order valence-electron chi connectivity index (χ3n) is 3.87. The molecule has 0 spiro atoms. The molecule has 0 fully saturated rings. The third kappa shape index (κ3) is 2.61. The van der Waals surface area contributed by atoms with Crippen molar-refractivity contribution < 1.29 is 9.13 Å². The van der Waals surface area contributed by atoms with Gasteiger partial charge < -0.3 is 4.74 Å². The van der Waals surface area contributed by atoms with Crippen LogP contribution in [0.25, 0.3) is 22.0 Å². The standard InChI is InChI=1S/C21H14FNO/c22-18-11-6-10-17-20(13-14-23-21(17)18)24-19-12-5-4-9-16(19)15-7-2-1-3-8-15/h1-14H. The molecule has 0 aliphatic heterocycles. The number of pyridine rings is 1. The minimum absolute atomic E-state index is 0.312. The van der Waals surface area contributed by atoms with Crippen molar-refractivity contribution in [3.8, 4) is 22.6 Å². The number of benzene rings is 3. The number of fused-ring (bicyclic) bond motifs is 1. The molecule has 2 nitrogen and oxygen atoms in total. The summed E-state index contributed by atoms with van der Waals surface area (Å²) in [4.78, 5) is 4.11. The second-order valence-electron chi connectivity index (χ2n) is 5.41. The van der Waals surface area contributed by atoms with Crippen LogP contribution in [0.15, 0.2) is 85.1 Å². The number of hydrogen-bond acceptors (Lipinski definition) is 2. The van der Waals surface area contributed by atoms with Crippen LogP contribution in [0.3, 0.4) is 0 Å². The Balaban J connectivity index is 1.82. The maximum absolute atomic E-state index is 13.9. The van der Waals surface area contributed by atoms with Crippen molar-refractivity contribution in [2.24, 2.45) is 0 Å². The summed E-state index contributed by atoms with van der Waals surface area (Å²) in [6.07, 6.45) is 1.56. The molecule has 0 aliphatic rings. The van der Waals surface area contributed by atoms with E-state index in [2.05, 4.69) is 4.98 Å². The van der Waals surface area contributed by atoms with Crippen LogP contribution in [0.5, 0.6) is 11.5 Å². The molecule has 0 saturated heterocycles. The first kappa shape index (κ1) is 14.4. The highest BCUT2D eigenvalue weighted by atomic mass is 19.1. The number of rotatable bonds is 3. The Kier molecular flexibility index (Phi) is 3.67. The molecule has 0 N–H and O–H groups in total. The van der Waals surface area contributed by atoms with Gasteiger partial charge in [0, 0.05) is 17.1 Å². The topological polar surface area (TPSA) is 22.1 Å². The van der Waals surface area contributed by atoms with Crippen LogP contribution < -0.4 is 4.74 Å². The maximum atomic E-state index is 13.9. The highest BCUT2D eigenvalue weighted by molar-refractivity contribution is 5.86. The minimum Gasteiger partial charge on any atom is -0.456 e. The molecule has 24 heavy (non-hydrogen) atoms. The molecule has 4 rings (SSSR count). The molecule has 0 radical (unpaired) electrons. The summed E-state index contributed by atoms with van der Waals surface area (Å²) in [5.74, 6) is 0.956. The van der Waals surface area contributed by atoms with Gasteiger partial charge in [0.15, 0.2) is 0 Å². The average molecular weight is 315 g/mol. The maximum Gasteiger partial charge on any atom is 0.149 e. The van der Waals surface area contributed by atoms with Crippen molar-refractivity contribution in [3.63, 3.8) is 0 Å². The summed E-state index contributed by atoms with van der Waals surface area (Å²) in [5, 5.41) is 0.653. The van der Waals surface area contributed by atoms with E-state index in [9.17, 15) is 4.39 Å². The van der Waals surface area contributed by atoms with Crippen molar-refractivity contribution in [2.45, 2.75) is 0 Å². The summed E-state index contributed by atoms with van der Waals surface area (Å²) < 4.78 is 20.1. The molecule has 0 unspecified atom stereocenters. The SMILES string of the molecule is Fc1cccc2c(Oc3ccccc3-c3ccccc3)ccnc12. The van der Waals surface area contributed by atoms with E-state index in [0.29, 0.717) is 16.7 Å². The van der Waals surface area contributed by atoms with E-state index < -0.39 is 0 Å². The number of hydrogen-bond donors (Lipinski definition) is 0. The van der Waals surface area contributed by atoms with E-state index in [1.54, 1.807) is 18.3 Å². The van der Waals surface area contributed by atoms with Gasteiger partial charge in [-0.3, -0.25) is 4.98 Å². The zero-order chi connectivity index (χ0) is 16.4. The van der Waals surface area contributed by atoms with E-state index in [1.165, 1.54) is 6.07 Å². The number of nitrogens with zero attached hydrogens (tertiary/aromatic N) is 1. The van der Waals surface area contributed by atoms with E-state index in [1.807, 2.05) is 60.7 Å². The summed E-state index contributed by atoms with van der Waals surface area (Å²) in [6, 6.07) is 24.5. The zero-order valence-electron chi connectivity index (χ0n) is 12.8. The predicted molar refractivity (Wildman–Crippen MR) is 93.7 cm³/mol. The van der Waals surface area contributed by atoms with Gasteiger partial charge >= 0.3 is 0 Å². The Hall–Kier alpha value is -3.20. The molecular weight excluding hydrogens is 301 g/mol. The van der Waals surface area contributed by atoms with Crippen molar-refractivity contribution in [2.75, 3.05) is 0 Å². The zero-order valence-corrected chi connectivity index (χ0v) is 12.8. The molecule has 1 aromatic heterocycles. The summed E-state index contributed by atoms with van der Waals surface area (Å²) in [6.45, 7) is 0. The van der Waals surface area contributed by atoms with E-state index in [-0.39, 0.29) is 5.82 Å². The number of aromatic nitrogens is 1. The molecular formula is C21H14FNO. The minimum atomic E-state index is -0.353. The second kappa shape index (κ2) is 6.13. The van der Waals surface area contributed by atoms with Crippen molar-refractivity contribution in [3.05, 3.63) is 90.9 Å². The smallest absolute Gasteiger partial charge is 0.149 e. The van der Waals surface area contributed by atoms with Crippen LogP contribution in [0.4, 0.5) is 4.39 Å². The lowest BCUT2D eigenvalue weighted by Crippen LogP contribution is -1.91. The van der Waals surface area contributed by atoms with Crippen LogP contribution in [0.2, 0.25) is 0 Å². The van der Waals surface area contributed by atoms with E-state index >= 15 is 0 Å². The quantitative estimate of drug-likeness (QED) is 0.474. The molecule has 0 amide bonds. The average Bonchev–Trinajstić information content (AvgIpc) is 2.64. The van der Waals surface area contributed by atoms with E-state index in [0.717, 1.165) is 16.9 Å². The Labute approximate surface area is 139 Å². The highest BCUT2D eigenvalue weighted by Crippen LogP contribution is 2.35. The molecule has 3 aromatic carbocycles. The van der Waals surface area contributed by atoms with Crippen molar-refractivity contribution in [1.29, 1.82) is 0 Å². The van der Waals surface area contributed by atoms with Gasteiger partial charge in [-0.25, -0.2) is 4.39 Å². The van der Waals surface area contributed by atoms with Gasteiger partial charge in [0.2, 0.25) is 0 Å². The van der Waals surface area contributed by atoms with Crippen LogP contribution in [-0.4, -0.2) is 4.98 Å². The molecule has 0 bridgehead atoms. The molecule has 116 valence electrons. The molecule has 0 saturated carbocycles. The lowest BCUT2D eigenvalue weighted by Gasteiger charge is -2.13. The largest absolute Gasteiger partial charge is 0.456 e. The first-order chi connectivity index (χ1) is 11.8. The number of para-hydroxylation sites is 2. The second-order valence-corrected chi connectivity index (χ2v) is 5.41. The molecule has 0 atom stereocenters. The fraction of sp³-hybridized carbons (Fsp3) is 0. The number of halogens is 1. The monoisotopic (exact) mass is 315 g/mol. The van der Waals surface area contributed by atoms with Crippen LogP contribution >= 0.6 is 0 Å². The van der Waals surface area contributed by atoms with E-state index in [4.69, 9.17) is 4.74 Å². The van der Waals surface area contributed by atoms with Crippen LogP contribution in [-0.2, 0) is 0 Å². The fourth-order valence-corrected chi connectivity index (χ4v) is 2.73. The summed E-state index contributed by atoms with van der Waals surface area (Å²) in [5.41, 5.74) is 2.37. The van der Waals surface area contributed by atoms with Crippen LogP contribution in [0, 0.1) is 5.82 Å². The lowest BCUT2D eigenvalue weighted by molar-refractivity contribution is 0.489. The van der Waals surface area contributed by atoms with Gasteiger partial charge in [0.1, 0.15) is 22.8 Å². The highest BCUT2D eigenvalue weighted by Gasteiger charge is 2.11. The Morgan fingerprint density at radius 1 is 0.708 bits per heavy atom. The van der Waals surface area contributed by atoms with Gasteiger partial charge in [0.25, 0.3) is 0 Å². The van der Waals surface area contributed by atoms with Gasteiger partial charge in [-0.1, -0.05) is 54.6 Å². The first-order valence-corrected chi connectivity index (χ1v) is 7.68. The van der Waals surface area contributed by atoms with Gasteiger partial charge in [-0.15, -0.1) is 0 Å². The molecule has 0 aliphatic carbocycles. The fourth-order valence-electron chi connectivity index (χ4n) is 2.73. The molecule has 1 heterocycles. The Bertz CT molecular complexity index is 999. The normalized spacial score (nSPS) is 10.7. The predicted octanol–water partition coefficient (Wildman–Crippen LogP) is 5.83. The molecule has 3 heteroatoms. The third-order valence-corrected chi connectivity index (χ3v) is 3.87. The lowest BCUT2D eigenvalue weighted by atomic mass is 10.0. The number of ether oxygens (including phenoxy) is 1. The van der Waals surface area contributed by atoms with Gasteiger partial charge in [0.05, 0.1) is 0 Å². The first-order valence-electron chi connectivity index (χ1n) is 7.68. The van der Waals surface area contributed by atoms with Gasteiger partial charge in [-0.2, -0.15) is 0 Å². The van der Waals surface area contributed by atoms with Crippen LogP contribution in [0.1, 0.15) is 0 Å². The molecule has 4 aromatic rings. The van der Waals surface area contributed by atoms with Crippen molar-refractivity contribution in [1.82, 2.24) is 4.98 Å². The van der Waals surface area contributed by atoms with Gasteiger partial charge in [-0.05, 0) is 29.8 Å².